The van der Waals surface area contributed by atoms with Gasteiger partial charge in [-0.25, -0.2) is 0 Å². The van der Waals surface area contributed by atoms with Gasteiger partial charge >= 0.3 is 12.5 Å². The van der Waals surface area contributed by atoms with Gasteiger partial charge in [0, 0.05) is 30.7 Å². The van der Waals surface area contributed by atoms with Gasteiger partial charge in [0.15, 0.2) is 0 Å². The number of ether oxygens (including phenoxy) is 1. The second kappa shape index (κ2) is 11.1. The lowest BCUT2D eigenvalue weighted by molar-refractivity contribution is -0.274. The molecule has 0 aliphatic carbocycles. The van der Waals surface area contributed by atoms with Crippen LogP contribution in [0, 0.1) is 0 Å². The Balaban J connectivity index is 0.00000240. The summed E-state index contributed by atoms with van der Waals surface area (Å²) in [4.78, 5) is 2.00. The Morgan fingerprint density at radius 3 is 1.97 bits per heavy atom. The molecule has 3 nitrogen and oxygen atoms in total. The molecule has 0 bridgehead atoms. The number of alkyl halides is 6. The van der Waals surface area contributed by atoms with E-state index >= 15 is 0 Å². The molecule has 1 aliphatic rings. The van der Waals surface area contributed by atoms with Crippen molar-refractivity contribution in [1.29, 1.82) is 0 Å². The van der Waals surface area contributed by atoms with Crippen LogP contribution in [-0.4, -0.2) is 37.4 Å². The third-order valence-electron chi connectivity index (χ3n) is 4.51. The van der Waals surface area contributed by atoms with E-state index < -0.39 is 24.1 Å². The van der Waals surface area contributed by atoms with Crippen LogP contribution in [-0.2, 0) is 6.18 Å². The smallest absolute Gasteiger partial charge is 0.406 e. The van der Waals surface area contributed by atoms with Crippen molar-refractivity contribution in [2.45, 2.75) is 18.6 Å². The zero-order valence-corrected chi connectivity index (χ0v) is 19.0. The Bertz CT molecular complexity index is 843. The molecule has 174 valence electrons. The van der Waals surface area contributed by atoms with Gasteiger partial charge in [0.2, 0.25) is 0 Å². The van der Waals surface area contributed by atoms with Crippen LogP contribution in [0.25, 0.3) is 0 Å². The average molecular weight is 556 g/mol. The van der Waals surface area contributed by atoms with Crippen LogP contribution in [0.5, 0.6) is 5.75 Å². The molecule has 0 unspecified atom stereocenters. The van der Waals surface area contributed by atoms with Crippen LogP contribution >= 0.6 is 40.7 Å². The minimum Gasteiger partial charge on any atom is -0.406 e. The highest BCUT2D eigenvalue weighted by Crippen LogP contribution is 2.37. The Kier molecular flexibility index (Phi) is 9.96. The number of hydrogen-bond donors (Lipinski definition) is 1. The zero-order chi connectivity index (χ0) is 21.2. The summed E-state index contributed by atoms with van der Waals surface area (Å²) in [5.74, 6) is -0.384. The van der Waals surface area contributed by atoms with Gasteiger partial charge in [-0.05, 0) is 41.5 Å². The predicted octanol–water partition coefficient (Wildman–Crippen LogP) is 6.20. The molecule has 0 spiro atoms. The van der Waals surface area contributed by atoms with Gasteiger partial charge < -0.3 is 10.1 Å². The van der Waals surface area contributed by atoms with E-state index in [9.17, 15) is 26.3 Å². The molecular formula is C19H19BrCl2F6N2O. The lowest BCUT2D eigenvalue weighted by atomic mass is 9.95. The highest BCUT2D eigenvalue weighted by atomic mass is 79.9. The van der Waals surface area contributed by atoms with E-state index in [1.54, 1.807) is 6.07 Å². The number of halogens is 9. The molecule has 1 saturated heterocycles. The van der Waals surface area contributed by atoms with Crippen molar-refractivity contribution in [3.05, 3.63) is 63.6 Å². The first kappa shape index (κ1) is 27.8. The molecule has 1 aliphatic heterocycles. The molecule has 31 heavy (non-hydrogen) atoms. The SMILES string of the molecule is Cl.Cl.FC(F)(F)Oc1ccc([C@H](c2cc(Br)cc(C(F)(F)F)c2)N2CCNCC2)cc1. The van der Waals surface area contributed by atoms with E-state index in [-0.39, 0.29) is 35.0 Å². The maximum atomic E-state index is 13.3. The van der Waals surface area contributed by atoms with Crippen LogP contribution in [0.3, 0.4) is 0 Å². The average Bonchev–Trinajstić information content (AvgIpc) is 2.62. The van der Waals surface area contributed by atoms with Gasteiger partial charge in [0.1, 0.15) is 5.75 Å². The maximum absolute atomic E-state index is 13.3. The van der Waals surface area contributed by atoms with Gasteiger partial charge in [-0.15, -0.1) is 38.0 Å². The normalized spacial score (nSPS) is 16.1. The van der Waals surface area contributed by atoms with Crippen molar-refractivity contribution in [1.82, 2.24) is 10.2 Å². The molecule has 1 heterocycles. The Hall–Kier alpha value is -1.20. The fraction of sp³-hybridized carbons (Fsp3) is 0.368. The number of hydrogen-bond acceptors (Lipinski definition) is 3. The predicted molar refractivity (Wildman–Crippen MR) is 113 cm³/mol. The first-order valence-electron chi connectivity index (χ1n) is 8.71. The minimum atomic E-state index is -4.81. The summed E-state index contributed by atoms with van der Waals surface area (Å²) >= 11 is 3.14. The van der Waals surface area contributed by atoms with Gasteiger partial charge in [-0.2, -0.15) is 13.2 Å². The van der Waals surface area contributed by atoms with E-state index in [0.29, 0.717) is 37.3 Å². The maximum Gasteiger partial charge on any atom is 0.573 e. The van der Waals surface area contributed by atoms with E-state index in [0.717, 1.165) is 12.1 Å². The van der Waals surface area contributed by atoms with Crippen molar-refractivity contribution >= 4 is 40.7 Å². The molecule has 1 fully saturated rings. The molecule has 0 saturated carbocycles. The van der Waals surface area contributed by atoms with Gasteiger partial charge in [-0.3, -0.25) is 4.90 Å². The van der Waals surface area contributed by atoms with Crippen LogP contribution in [0.2, 0.25) is 0 Å². The fourth-order valence-electron chi connectivity index (χ4n) is 3.34. The van der Waals surface area contributed by atoms with E-state index in [1.807, 2.05) is 4.90 Å². The summed E-state index contributed by atoms with van der Waals surface area (Å²) in [6.45, 7) is 2.48. The van der Waals surface area contributed by atoms with Crippen molar-refractivity contribution < 1.29 is 31.1 Å². The summed E-state index contributed by atoms with van der Waals surface area (Å²) in [7, 11) is 0. The van der Waals surface area contributed by atoms with E-state index in [1.165, 1.54) is 24.3 Å². The number of benzene rings is 2. The highest BCUT2D eigenvalue weighted by Gasteiger charge is 2.34. The van der Waals surface area contributed by atoms with Gasteiger partial charge in [0.05, 0.1) is 11.6 Å². The first-order chi connectivity index (χ1) is 13.5. The summed E-state index contributed by atoms with van der Waals surface area (Å²) in [5.41, 5.74) is 0.185. The summed E-state index contributed by atoms with van der Waals surface area (Å²) in [6, 6.07) is 8.36. The number of nitrogens with one attached hydrogen (secondary N) is 1. The molecule has 0 aromatic heterocycles. The minimum absolute atomic E-state index is 0. The molecule has 1 N–H and O–H groups in total. The Morgan fingerprint density at radius 2 is 1.45 bits per heavy atom. The molecule has 2 aromatic carbocycles. The third kappa shape index (κ3) is 7.71. The largest absolute Gasteiger partial charge is 0.573 e. The lowest BCUT2D eigenvalue weighted by Gasteiger charge is -2.36. The first-order valence-corrected chi connectivity index (χ1v) is 9.50. The van der Waals surface area contributed by atoms with Crippen LogP contribution < -0.4 is 10.1 Å². The quantitative estimate of drug-likeness (QED) is 0.454. The molecule has 2 aromatic rings. The molecule has 0 amide bonds. The van der Waals surface area contributed by atoms with Crippen LogP contribution in [0.1, 0.15) is 22.7 Å². The Morgan fingerprint density at radius 1 is 0.871 bits per heavy atom. The highest BCUT2D eigenvalue weighted by molar-refractivity contribution is 9.10. The van der Waals surface area contributed by atoms with Crippen molar-refractivity contribution in [3.63, 3.8) is 0 Å². The number of nitrogens with zero attached hydrogens (tertiary/aromatic N) is 1. The molecule has 3 rings (SSSR count). The van der Waals surface area contributed by atoms with Gasteiger partial charge in [0.25, 0.3) is 0 Å². The van der Waals surface area contributed by atoms with Gasteiger partial charge in [-0.1, -0.05) is 28.1 Å². The number of rotatable bonds is 4. The Labute approximate surface area is 196 Å². The summed E-state index contributed by atoms with van der Waals surface area (Å²) in [5, 5.41) is 3.18. The van der Waals surface area contributed by atoms with Crippen molar-refractivity contribution in [3.8, 4) is 5.75 Å². The summed E-state index contributed by atoms with van der Waals surface area (Å²) in [6.07, 6.45) is -9.33. The van der Waals surface area contributed by atoms with E-state index in [4.69, 9.17) is 0 Å². The van der Waals surface area contributed by atoms with Crippen LogP contribution in [0.4, 0.5) is 26.3 Å². The monoisotopic (exact) mass is 554 g/mol. The zero-order valence-electron chi connectivity index (χ0n) is 15.8. The van der Waals surface area contributed by atoms with Crippen molar-refractivity contribution in [2.75, 3.05) is 26.2 Å². The van der Waals surface area contributed by atoms with Crippen LogP contribution in [0.15, 0.2) is 46.9 Å². The lowest BCUT2D eigenvalue weighted by Crippen LogP contribution is -2.45. The molecular weight excluding hydrogens is 537 g/mol. The standard InChI is InChI=1S/C19H17BrF6N2O.2ClH/c20-15-10-13(9-14(11-15)18(21,22)23)17(28-7-5-27-6-8-28)12-1-3-16(4-2-12)29-19(24,25)26;;/h1-4,9-11,17,27H,5-8H2;2*1H/t17-;;/m1../s1. The molecule has 0 radical (unpaired) electrons. The molecule has 12 heteroatoms. The van der Waals surface area contributed by atoms with E-state index in [2.05, 4.69) is 26.0 Å². The topological polar surface area (TPSA) is 24.5 Å². The second-order valence-corrected chi connectivity index (χ2v) is 7.49. The second-order valence-electron chi connectivity index (χ2n) is 6.58. The summed E-state index contributed by atoms with van der Waals surface area (Å²) < 4.78 is 81.3. The van der Waals surface area contributed by atoms with Crippen molar-refractivity contribution in [2.24, 2.45) is 0 Å². The number of piperazine rings is 1. The third-order valence-corrected chi connectivity index (χ3v) is 4.97. The fourth-order valence-corrected chi connectivity index (χ4v) is 3.85. The molecule has 1 atom stereocenters.